The minimum absolute atomic E-state index is 0.0212. The number of fused-ring (bicyclic) bond motifs is 2. The lowest BCUT2D eigenvalue weighted by Crippen LogP contribution is -2.28. The molecule has 0 aromatic rings. The second kappa shape index (κ2) is 12.8. The molecule has 7 nitrogen and oxygen atoms in total. The molecule has 186 valence electrons. The molecular weight excluding hydrogens is 424 g/mol. The van der Waals surface area contributed by atoms with Crippen molar-refractivity contribution in [2.75, 3.05) is 0 Å². The molecule has 0 unspecified atom stereocenters. The van der Waals surface area contributed by atoms with Gasteiger partial charge in [0.05, 0.1) is 5.41 Å². The van der Waals surface area contributed by atoms with Crippen molar-refractivity contribution in [1.29, 1.82) is 0 Å². The molecule has 0 amide bonds. The van der Waals surface area contributed by atoms with E-state index in [4.69, 9.17) is 19.3 Å². The van der Waals surface area contributed by atoms with Crippen LogP contribution < -0.4 is 0 Å². The zero-order chi connectivity index (χ0) is 24.4. The van der Waals surface area contributed by atoms with Gasteiger partial charge in [-0.3, -0.25) is 9.59 Å². The average Bonchev–Trinajstić information content (AvgIpc) is 2.96. The van der Waals surface area contributed by atoms with Crippen LogP contribution in [0.3, 0.4) is 0 Å². The van der Waals surface area contributed by atoms with Crippen molar-refractivity contribution in [3.8, 4) is 0 Å². The minimum atomic E-state index is -0.789. The van der Waals surface area contributed by atoms with Gasteiger partial charge < -0.3 is 19.3 Å². The molecule has 1 N–H and O–H groups in total. The van der Waals surface area contributed by atoms with E-state index in [9.17, 15) is 14.4 Å². The SMILES string of the molecule is CCCCC[C@@H](/C=C/[C@@H]1[C@@H](C/C=C\CCCC(=O)O)[C@H]2C[C@@H]1OC(=O)O2)OC(=O)C(C)(C)C. The number of aliphatic carboxylic acids is 1. The lowest BCUT2D eigenvalue weighted by molar-refractivity contribution is -0.156. The van der Waals surface area contributed by atoms with E-state index in [2.05, 4.69) is 6.92 Å². The van der Waals surface area contributed by atoms with Gasteiger partial charge in [0.25, 0.3) is 0 Å². The molecule has 2 bridgehead atoms. The highest BCUT2D eigenvalue weighted by Crippen LogP contribution is 2.43. The monoisotopic (exact) mass is 464 g/mol. The van der Waals surface area contributed by atoms with Crippen LogP contribution in [0, 0.1) is 17.3 Å². The molecule has 1 aliphatic heterocycles. The van der Waals surface area contributed by atoms with E-state index >= 15 is 0 Å². The Morgan fingerprint density at radius 1 is 1.15 bits per heavy atom. The molecule has 1 saturated carbocycles. The standard InChI is InChI=1S/C26H40O7/c1-5-6-9-12-18(31-24(29)26(2,3)4)15-16-20-19(13-10-7-8-11-14-23(27)28)21-17-22(20)33-25(30)32-21/h7,10,15-16,18-22H,5-6,8-9,11-14,17H2,1-4H3,(H,27,28)/b10-7-,16-15+/t18-,19+,20+,21+,22-/m0/s1. The lowest BCUT2D eigenvalue weighted by Gasteiger charge is -2.23. The van der Waals surface area contributed by atoms with Crippen LogP contribution in [0.5, 0.6) is 0 Å². The van der Waals surface area contributed by atoms with E-state index in [1.165, 1.54) is 0 Å². The van der Waals surface area contributed by atoms with Crippen LogP contribution in [0.4, 0.5) is 4.79 Å². The predicted octanol–water partition coefficient (Wildman–Crippen LogP) is 5.82. The number of ether oxygens (including phenoxy) is 3. The third-order valence-corrected chi connectivity index (χ3v) is 6.21. The molecule has 0 aromatic carbocycles. The first-order valence-corrected chi connectivity index (χ1v) is 12.2. The Labute approximate surface area is 197 Å². The summed E-state index contributed by atoms with van der Waals surface area (Å²) in [6, 6.07) is 0. The van der Waals surface area contributed by atoms with E-state index < -0.39 is 17.5 Å². The molecule has 7 heteroatoms. The molecular formula is C26H40O7. The number of hydrogen-bond donors (Lipinski definition) is 1. The van der Waals surface area contributed by atoms with Gasteiger partial charge in [0.1, 0.15) is 18.3 Å². The summed E-state index contributed by atoms with van der Waals surface area (Å²) in [6.45, 7) is 7.67. The van der Waals surface area contributed by atoms with Crippen LogP contribution in [-0.4, -0.2) is 41.5 Å². The zero-order valence-corrected chi connectivity index (χ0v) is 20.5. The van der Waals surface area contributed by atoms with Crippen molar-refractivity contribution in [2.24, 2.45) is 17.3 Å². The number of rotatable bonds is 13. The average molecular weight is 465 g/mol. The summed E-state index contributed by atoms with van der Waals surface area (Å²) in [4.78, 5) is 35.0. The van der Waals surface area contributed by atoms with Gasteiger partial charge in [-0.15, -0.1) is 0 Å². The molecule has 0 spiro atoms. The molecule has 1 heterocycles. The Balaban J connectivity index is 2.07. The summed E-state index contributed by atoms with van der Waals surface area (Å²) in [6.07, 6.45) is 13.4. The number of carbonyl (C=O) groups excluding carboxylic acids is 2. The van der Waals surface area contributed by atoms with Crippen LogP contribution in [-0.2, 0) is 23.8 Å². The summed E-state index contributed by atoms with van der Waals surface area (Å²) >= 11 is 0. The van der Waals surface area contributed by atoms with Gasteiger partial charge >= 0.3 is 18.1 Å². The van der Waals surface area contributed by atoms with Gasteiger partial charge in [-0.25, -0.2) is 4.79 Å². The Morgan fingerprint density at radius 3 is 2.55 bits per heavy atom. The van der Waals surface area contributed by atoms with Crippen molar-refractivity contribution in [3.63, 3.8) is 0 Å². The quantitative estimate of drug-likeness (QED) is 0.208. The van der Waals surface area contributed by atoms with Gasteiger partial charge in [0.2, 0.25) is 0 Å². The van der Waals surface area contributed by atoms with Crippen molar-refractivity contribution < 1.29 is 33.7 Å². The first-order valence-electron chi connectivity index (χ1n) is 12.2. The van der Waals surface area contributed by atoms with Crippen LogP contribution in [0.1, 0.15) is 85.5 Å². The molecule has 2 rings (SSSR count). The first kappa shape index (κ1) is 26.9. The number of unbranched alkanes of at least 4 members (excludes halogenated alkanes) is 3. The van der Waals surface area contributed by atoms with Crippen LogP contribution in [0.2, 0.25) is 0 Å². The van der Waals surface area contributed by atoms with E-state index in [0.717, 1.165) is 25.7 Å². The first-order chi connectivity index (χ1) is 15.6. The lowest BCUT2D eigenvalue weighted by atomic mass is 9.89. The van der Waals surface area contributed by atoms with Gasteiger partial charge in [0.15, 0.2) is 0 Å². The zero-order valence-electron chi connectivity index (χ0n) is 20.5. The fraction of sp³-hybridized carbons (Fsp3) is 0.731. The molecule has 1 aliphatic carbocycles. The molecule has 33 heavy (non-hydrogen) atoms. The maximum atomic E-state index is 12.5. The van der Waals surface area contributed by atoms with Gasteiger partial charge in [0, 0.05) is 24.7 Å². The van der Waals surface area contributed by atoms with Crippen LogP contribution >= 0.6 is 0 Å². The normalized spacial score (nSPS) is 25.8. The second-order valence-electron chi connectivity index (χ2n) is 10.1. The Kier molecular flexibility index (Phi) is 10.5. The molecule has 5 atom stereocenters. The third-order valence-electron chi connectivity index (χ3n) is 6.21. The smallest absolute Gasteiger partial charge is 0.481 e. The Hall–Kier alpha value is -2.31. The predicted molar refractivity (Wildman–Crippen MR) is 125 cm³/mol. The third kappa shape index (κ3) is 8.86. The number of esters is 1. The van der Waals surface area contributed by atoms with Crippen molar-refractivity contribution >= 4 is 18.1 Å². The van der Waals surface area contributed by atoms with Crippen LogP contribution in [0.25, 0.3) is 0 Å². The van der Waals surface area contributed by atoms with Crippen molar-refractivity contribution in [2.45, 2.75) is 104 Å². The van der Waals surface area contributed by atoms with Crippen LogP contribution in [0.15, 0.2) is 24.3 Å². The van der Waals surface area contributed by atoms with E-state index in [1.807, 2.05) is 45.1 Å². The number of allylic oxidation sites excluding steroid dienone is 2. The van der Waals surface area contributed by atoms with Gasteiger partial charge in [-0.2, -0.15) is 0 Å². The number of carbonyl (C=O) groups is 3. The largest absolute Gasteiger partial charge is 0.508 e. The molecule has 2 aliphatic rings. The molecule has 0 aromatic heterocycles. The highest BCUT2D eigenvalue weighted by Gasteiger charge is 2.49. The summed E-state index contributed by atoms with van der Waals surface area (Å²) in [5.74, 6) is -0.965. The minimum Gasteiger partial charge on any atom is -0.481 e. The highest BCUT2D eigenvalue weighted by atomic mass is 16.7. The summed E-state index contributed by atoms with van der Waals surface area (Å²) < 4.78 is 16.7. The summed E-state index contributed by atoms with van der Waals surface area (Å²) in [5.41, 5.74) is -0.571. The Morgan fingerprint density at radius 2 is 1.88 bits per heavy atom. The molecule has 0 radical (unpaired) electrons. The van der Waals surface area contributed by atoms with Gasteiger partial charge in [-0.05, 0) is 59.0 Å². The van der Waals surface area contributed by atoms with Crippen molar-refractivity contribution in [1.82, 2.24) is 0 Å². The summed E-state index contributed by atoms with van der Waals surface area (Å²) in [5, 5.41) is 8.75. The second-order valence-corrected chi connectivity index (χ2v) is 10.1. The van der Waals surface area contributed by atoms with E-state index in [1.54, 1.807) is 0 Å². The van der Waals surface area contributed by atoms with Crippen molar-refractivity contribution in [3.05, 3.63) is 24.3 Å². The number of carboxylic acid groups (broad SMARTS) is 1. The van der Waals surface area contributed by atoms with E-state index in [0.29, 0.717) is 25.7 Å². The fourth-order valence-corrected chi connectivity index (χ4v) is 4.30. The highest BCUT2D eigenvalue weighted by molar-refractivity contribution is 5.75. The number of hydrogen-bond acceptors (Lipinski definition) is 6. The molecule has 1 saturated heterocycles. The molecule has 2 fully saturated rings. The maximum Gasteiger partial charge on any atom is 0.508 e. The number of carboxylic acids is 1. The van der Waals surface area contributed by atoms with E-state index in [-0.39, 0.29) is 42.5 Å². The maximum absolute atomic E-state index is 12.5. The summed E-state index contributed by atoms with van der Waals surface area (Å²) in [7, 11) is 0. The topological polar surface area (TPSA) is 99.1 Å². The Bertz CT molecular complexity index is 719. The van der Waals surface area contributed by atoms with Gasteiger partial charge in [-0.1, -0.05) is 38.0 Å². The fourth-order valence-electron chi connectivity index (χ4n) is 4.30.